The maximum Gasteiger partial charge on any atom is 0.490 e. The lowest BCUT2D eigenvalue weighted by Crippen LogP contribution is -2.36. The van der Waals surface area contributed by atoms with Crippen molar-refractivity contribution < 1.29 is 51.3 Å². The van der Waals surface area contributed by atoms with Crippen LogP contribution in [-0.2, 0) is 16.1 Å². The Bertz CT molecular complexity index is 1150. The van der Waals surface area contributed by atoms with Crippen molar-refractivity contribution in [1.29, 1.82) is 0 Å². The van der Waals surface area contributed by atoms with Crippen molar-refractivity contribution in [1.82, 2.24) is 14.5 Å². The van der Waals surface area contributed by atoms with Gasteiger partial charge in [-0.25, -0.2) is 14.6 Å². The average Bonchev–Trinajstić information content (AvgIpc) is 3.54. The third kappa shape index (κ3) is 10.5. The molecule has 1 unspecified atom stereocenters. The zero-order valence-corrected chi connectivity index (χ0v) is 21.2. The molecule has 0 spiro atoms. The zero-order valence-electron chi connectivity index (χ0n) is 20.4. The highest BCUT2D eigenvalue weighted by atomic mass is 32.1. The van der Waals surface area contributed by atoms with Crippen molar-refractivity contribution in [2.75, 3.05) is 19.6 Å². The molecule has 216 valence electrons. The Morgan fingerprint density at radius 3 is 2.03 bits per heavy atom. The molecule has 39 heavy (non-hydrogen) atoms. The lowest BCUT2D eigenvalue weighted by molar-refractivity contribution is -0.193. The molecular weight excluding hydrogens is 556 g/mol. The first-order valence-electron chi connectivity index (χ1n) is 11.6. The second-order valence-electron chi connectivity index (χ2n) is 8.53. The number of aliphatic carboxylic acids is 2. The Balaban J connectivity index is 0.000000317. The normalized spacial score (nSPS) is 15.6. The molecule has 0 saturated carbocycles. The molecule has 2 aromatic heterocycles. The summed E-state index contributed by atoms with van der Waals surface area (Å²) in [5.74, 6) is -5.10. The Morgan fingerprint density at radius 1 is 0.949 bits per heavy atom. The molecule has 0 aliphatic carbocycles. The number of aliphatic hydroxyl groups excluding tert-OH is 1. The number of hydrogen-bond donors (Lipinski definition) is 3. The van der Waals surface area contributed by atoms with E-state index in [0.29, 0.717) is 5.92 Å². The molecule has 0 radical (unpaired) electrons. The number of carboxylic acids is 2. The van der Waals surface area contributed by atoms with Gasteiger partial charge < -0.3 is 24.8 Å². The number of hydrogen-bond acceptors (Lipinski definition) is 6. The minimum atomic E-state index is -5.08. The fourth-order valence-corrected chi connectivity index (χ4v) is 4.64. The maximum absolute atomic E-state index is 10.6. The van der Waals surface area contributed by atoms with Crippen LogP contribution in [-0.4, -0.2) is 73.7 Å². The minimum Gasteiger partial charge on any atom is -0.475 e. The molecule has 4 rings (SSSR count). The number of carbonyl (C=O) groups is 2. The number of piperidine rings is 1. The Hall–Kier alpha value is -3.17. The molecular formula is C24H27F6N3O5S. The van der Waals surface area contributed by atoms with Gasteiger partial charge in [0.1, 0.15) is 0 Å². The number of carboxylic acid groups (broad SMARTS) is 2. The van der Waals surface area contributed by atoms with Gasteiger partial charge in [0.2, 0.25) is 0 Å². The third-order valence-corrected chi connectivity index (χ3v) is 6.74. The highest BCUT2D eigenvalue weighted by molar-refractivity contribution is 7.10. The highest BCUT2D eigenvalue weighted by Gasteiger charge is 2.38. The molecule has 3 N–H and O–H groups in total. The number of halogens is 6. The lowest BCUT2D eigenvalue weighted by Gasteiger charge is -2.34. The van der Waals surface area contributed by atoms with Crippen LogP contribution in [0.2, 0.25) is 0 Å². The van der Waals surface area contributed by atoms with Crippen LogP contribution in [0.4, 0.5) is 26.3 Å². The van der Waals surface area contributed by atoms with Crippen LogP contribution in [0.5, 0.6) is 0 Å². The summed E-state index contributed by atoms with van der Waals surface area (Å²) in [5.41, 5.74) is 2.30. The van der Waals surface area contributed by atoms with Crippen molar-refractivity contribution in [3.8, 4) is 0 Å². The number of thiophene rings is 1. The number of rotatable bonds is 6. The maximum atomic E-state index is 10.6. The Kier molecular flexibility index (Phi) is 11.7. The fraction of sp³-hybridized carbons (Fsp3) is 0.458. The summed E-state index contributed by atoms with van der Waals surface area (Å²) in [6, 6.07) is 12.4. The number of fused-ring (bicyclic) bond motifs is 1. The summed E-state index contributed by atoms with van der Waals surface area (Å²) in [6.45, 7) is 4.32. The molecule has 8 nitrogen and oxygen atoms in total. The predicted octanol–water partition coefficient (Wildman–Crippen LogP) is 5.20. The molecule has 1 saturated heterocycles. The smallest absolute Gasteiger partial charge is 0.475 e. The quantitative estimate of drug-likeness (QED) is 0.342. The van der Waals surface area contributed by atoms with Crippen LogP contribution in [0.25, 0.3) is 11.0 Å². The SMILES string of the molecule is O=C(O)C(F)(F)F.O=C(O)C(F)(F)F.OC(c1cccs1)C1CCN(CCCn2cnc3ccccc32)CC1. The Labute approximate surface area is 223 Å². The largest absolute Gasteiger partial charge is 0.490 e. The second-order valence-corrected chi connectivity index (χ2v) is 9.50. The highest BCUT2D eigenvalue weighted by Crippen LogP contribution is 2.32. The number of aryl methyl sites for hydroxylation is 1. The van der Waals surface area contributed by atoms with Gasteiger partial charge in [0.15, 0.2) is 0 Å². The number of nitrogens with zero attached hydrogens (tertiary/aromatic N) is 3. The number of aromatic nitrogens is 2. The second kappa shape index (κ2) is 14.3. The van der Waals surface area contributed by atoms with Crippen LogP contribution in [0.3, 0.4) is 0 Å². The molecule has 1 aliphatic heterocycles. The summed E-state index contributed by atoms with van der Waals surface area (Å²) in [4.78, 5) is 25.9. The van der Waals surface area contributed by atoms with Gasteiger partial charge in [0, 0.05) is 11.4 Å². The summed E-state index contributed by atoms with van der Waals surface area (Å²) >= 11 is 1.67. The number of alkyl halides is 6. The summed E-state index contributed by atoms with van der Waals surface area (Å²) in [5, 5.41) is 26.8. The van der Waals surface area contributed by atoms with E-state index in [1.165, 1.54) is 5.52 Å². The van der Waals surface area contributed by atoms with Gasteiger partial charge >= 0.3 is 24.3 Å². The number of likely N-dealkylation sites (tertiary alicyclic amines) is 1. The van der Waals surface area contributed by atoms with Crippen LogP contribution < -0.4 is 0 Å². The van der Waals surface area contributed by atoms with E-state index >= 15 is 0 Å². The van der Waals surface area contributed by atoms with Gasteiger partial charge in [-0.2, -0.15) is 26.3 Å². The average molecular weight is 584 g/mol. The van der Waals surface area contributed by atoms with E-state index in [2.05, 4.69) is 38.7 Å². The van der Waals surface area contributed by atoms with Gasteiger partial charge in [-0.3, -0.25) is 0 Å². The Morgan fingerprint density at radius 2 is 1.51 bits per heavy atom. The van der Waals surface area contributed by atoms with E-state index in [0.717, 1.165) is 55.8 Å². The first-order chi connectivity index (χ1) is 18.2. The van der Waals surface area contributed by atoms with Gasteiger partial charge in [-0.15, -0.1) is 11.3 Å². The monoisotopic (exact) mass is 583 g/mol. The topological polar surface area (TPSA) is 116 Å². The number of para-hydroxylation sites is 2. The van der Waals surface area contributed by atoms with Gasteiger partial charge in [-0.05, 0) is 68.4 Å². The molecule has 0 amide bonds. The zero-order chi connectivity index (χ0) is 29.2. The molecule has 1 aromatic carbocycles. The van der Waals surface area contributed by atoms with Gasteiger partial charge in [0.05, 0.1) is 23.5 Å². The summed E-state index contributed by atoms with van der Waals surface area (Å²) in [7, 11) is 0. The van der Waals surface area contributed by atoms with Gasteiger partial charge in [-0.1, -0.05) is 18.2 Å². The molecule has 3 aromatic rings. The number of imidazole rings is 1. The van der Waals surface area contributed by atoms with Crippen molar-refractivity contribution >= 4 is 34.3 Å². The lowest BCUT2D eigenvalue weighted by atomic mass is 9.90. The molecule has 1 fully saturated rings. The van der Waals surface area contributed by atoms with E-state index in [9.17, 15) is 31.4 Å². The molecule has 15 heteroatoms. The number of aliphatic hydroxyl groups is 1. The van der Waals surface area contributed by atoms with Crippen LogP contribution >= 0.6 is 11.3 Å². The van der Waals surface area contributed by atoms with Crippen LogP contribution in [0.15, 0.2) is 48.1 Å². The molecule has 1 atom stereocenters. The van der Waals surface area contributed by atoms with Crippen LogP contribution in [0.1, 0.15) is 30.2 Å². The first-order valence-corrected chi connectivity index (χ1v) is 12.5. The van der Waals surface area contributed by atoms with E-state index in [-0.39, 0.29) is 6.10 Å². The molecule has 0 bridgehead atoms. The van der Waals surface area contributed by atoms with Crippen molar-refractivity contribution in [2.24, 2.45) is 5.92 Å². The molecule has 3 heterocycles. The minimum absolute atomic E-state index is 0.278. The van der Waals surface area contributed by atoms with Crippen molar-refractivity contribution in [3.05, 3.63) is 53.0 Å². The predicted molar refractivity (Wildman–Crippen MR) is 130 cm³/mol. The van der Waals surface area contributed by atoms with Crippen molar-refractivity contribution in [2.45, 2.75) is 44.3 Å². The van der Waals surface area contributed by atoms with Gasteiger partial charge in [0.25, 0.3) is 0 Å². The summed E-state index contributed by atoms with van der Waals surface area (Å²) < 4.78 is 65.7. The van der Waals surface area contributed by atoms with Crippen molar-refractivity contribution in [3.63, 3.8) is 0 Å². The fourth-order valence-electron chi connectivity index (χ4n) is 3.84. The first kappa shape index (κ1) is 32.0. The van der Waals surface area contributed by atoms with E-state index < -0.39 is 24.3 Å². The number of benzene rings is 1. The third-order valence-electron chi connectivity index (χ3n) is 5.80. The van der Waals surface area contributed by atoms with E-state index in [1.807, 2.05) is 23.8 Å². The van der Waals surface area contributed by atoms with E-state index in [4.69, 9.17) is 19.8 Å². The van der Waals surface area contributed by atoms with Crippen LogP contribution in [0, 0.1) is 5.92 Å². The van der Waals surface area contributed by atoms with E-state index in [1.54, 1.807) is 11.3 Å². The molecule has 1 aliphatic rings. The summed E-state index contributed by atoms with van der Waals surface area (Å²) in [6.07, 6.45) is -5.17. The standard InChI is InChI=1S/C20H25N3OS.2C2HF3O2/c24-20(19-7-3-14-25-19)16-8-12-22(13-9-16)10-4-11-23-15-21-17-5-1-2-6-18(17)23;2*3-2(4,5)1(6)7/h1-3,5-7,14-16,20,24H,4,8-13H2;2*(H,6,7).